The van der Waals surface area contributed by atoms with E-state index in [9.17, 15) is 14.7 Å². The van der Waals surface area contributed by atoms with Crippen molar-refractivity contribution in [3.63, 3.8) is 0 Å². The molecule has 1 unspecified atom stereocenters. The molecule has 0 spiro atoms. The number of hydrogen-bond donors (Lipinski definition) is 3. The Kier molecular flexibility index (Phi) is 5.17. The van der Waals surface area contributed by atoms with Crippen LogP contribution in [0.4, 0.5) is 0 Å². The van der Waals surface area contributed by atoms with Crippen LogP contribution in [0.25, 0.3) is 0 Å². The lowest BCUT2D eigenvalue weighted by atomic mass is 10.1. The van der Waals surface area contributed by atoms with E-state index in [1.807, 2.05) is 6.92 Å². The highest BCUT2D eigenvalue weighted by molar-refractivity contribution is 5.97. The van der Waals surface area contributed by atoms with Crippen LogP contribution in [0.1, 0.15) is 30.1 Å². The average Bonchev–Trinajstić information content (AvgIpc) is 2.37. The first-order valence-corrected chi connectivity index (χ1v) is 5.90. The molecule has 0 aliphatic carbocycles. The van der Waals surface area contributed by atoms with Gasteiger partial charge in [0.25, 0.3) is 5.91 Å². The molecule has 0 aliphatic rings. The molecule has 1 atom stereocenters. The van der Waals surface area contributed by atoms with Crippen LogP contribution in [0.3, 0.4) is 0 Å². The molecule has 6 heteroatoms. The molecule has 104 valence electrons. The third-order valence-electron chi connectivity index (χ3n) is 2.62. The maximum absolute atomic E-state index is 11.9. The van der Waals surface area contributed by atoms with E-state index in [1.54, 1.807) is 0 Å². The van der Waals surface area contributed by atoms with Crippen molar-refractivity contribution in [1.82, 2.24) is 5.32 Å². The summed E-state index contributed by atoms with van der Waals surface area (Å²) in [6.07, 6.45) is 0.994. The summed E-state index contributed by atoms with van der Waals surface area (Å²) >= 11 is 0. The highest BCUT2D eigenvalue weighted by Crippen LogP contribution is 2.26. The number of amides is 1. The van der Waals surface area contributed by atoms with E-state index in [-0.39, 0.29) is 17.1 Å². The first-order valence-electron chi connectivity index (χ1n) is 5.90. The normalized spacial score (nSPS) is 11.7. The maximum Gasteiger partial charge on any atom is 0.326 e. The molecule has 0 heterocycles. The van der Waals surface area contributed by atoms with Gasteiger partial charge in [-0.1, -0.05) is 13.3 Å². The van der Waals surface area contributed by atoms with Crippen LogP contribution in [0.2, 0.25) is 0 Å². The van der Waals surface area contributed by atoms with E-state index in [0.29, 0.717) is 12.8 Å². The second-order valence-electron chi connectivity index (χ2n) is 4.04. The van der Waals surface area contributed by atoms with E-state index in [4.69, 9.17) is 9.84 Å². The van der Waals surface area contributed by atoms with E-state index >= 15 is 0 Å². The summed E-state index contributed by atoms with van der Waals surface area (Å²) in [7, 11) is 1.40. The van der Waals surface area contributed by atoms with Gasteiger partial charge in [-0.2, -0.15) is 0 Å². The van der Waals surface area contributed by atoms with Crippen LogP contribution in [-0.4, -0.2) is 35.2 Å². The highest BCUT2D eigenvalue weighted by atomic mass is 16.5. The summed E-state index contributed by atoms with van der Waals surface area (Å²) in [5.41, 5.74) is 0.181. The number of nitrogens with one attached hydrogen (secondary N) is 1. The number of methoxy groups -OCH3 is 1. The van der Waals surface area contributed by atoms with E-state index < -0.39 is 17.9 Å². The van der Waals surface area contributed by atoms with Crippen molar-refractivity contribution in [3.05, 3.63) is 23.8 Å². The average molecular weight is 267 g/mol. The summed E-state index contributed by atoms with van der Waals surface area (Å²) in [5.74, 6) is -1.54. The first kappa shape index (κ1) is 14.8. The molecule has 0 aromatic heterocycles. The van der Waals surface area contributed by atoms with Crippen molar-refractivity contribution in [2.45, 2.75) is 25.8 Å². The minimum atomic E-state index is -1.08. The Balaban J connectivity index is 2.82. The van der Waals surface area contributed by atoms with Gasteiger partial charge in [0.2, 0.25) is 0 Å². The zero-order chi connectivity index (χ0) is 14.4. The minimum Gasteiger partial charge on any atom is -0.504 e. The second-order valence-corrected chi connectivity index (χ2v) is 4.04. The number of hydrogen-bond acceptors (Lipinski definition) is 4. The van der Waals surface area contributed by atoms with Crippen molar-refractivity contribution in [2.24, 2.45) is 0 Å². The van der Waals surface area contributed by atoms with Gasteiger partial charge in [-0.25, -0.2) is 4.79 Å². The van der Waals surface area contributed by atoms with Crippen LogP contribution in [0.15, 0.2) is 18.2 Å². The molecule has 3 N–H and O–H groups in total. The zero-order valence-corrected chi connectivity index (χ0v) is 10.8. The fourth-order valence-corrected chi connectivity index (χ4v) is 1.62. The fourth-order valence-electron chi connectivity index (χ4n) is 1.62. The molecule has 0 saturated heterocycles. The van der Waals surface area contributed by atoms with Gasteiger partial charge in [0.1, 0.15) is 6.04 Å². The summed E-state index contributed by atoms with van der Waals surface area (Å²) in [6.45, 7) is 1.83. The molecule has 1 aromatic rings. The maximum atomic E-state index is 11.9. The Morgan fingerprint density at radius 3 is 2.58 bits per heavy atom. The lowest BCUT2D eigenvalue weighted by Crippen LogP contribution is -2.40. The Morgan fingerprint density at radius 1 is 1.42 bits per heavy atom. The predicted molar refractivity (Wildman–Crippen MR) is 68.5 cm³/mol. The number of phenolic OH excluding ortho intramolecular Hbond substituents is 1. The predicted octanol–water partition coefficient (Wildman–Crippen LogP) is 1.38. The Bertz CT molecular complexity index is 472. The number of benzene rings is 1. The van der Waals surface area contributed by atoms with Gasteiger partial charge in [-0.15, -0.1) is 0 Å². The van der Waals surface area contributed by atoms with E-state index in [0.717, 1.165) is 0 Å². The number of phenols is 1. The van der Waals surface area contributed by atoms with Crippen molar-refractivity contribution in [3.8, 4) is 11.5 Å². The molecule has 0 radical (unpaired) electrons. The summed E-state index contributed by atoms with van der Waals surface area (Å²) in [4.78, 5) is 22.8. The quantitative estimate of drug-likeness (QED) is 0.723. The zero-order valence-electron chi connectivity index (χ0n) is 10.8. The van der Waals surface area contributed by atoms with E-state index in [1.165, 1.54) is 25.3 Å². The molecular weight excluding hydrogens is 250 g/mol. The van der Waals surface area contributed by atoms with Gasteiger partial charge < -0.3 is 20.3 Å². The summed E-state index contributed by atoms with van der Waals surface area (Å²) < 4.78 is 4.86. The monoisotopic (exact) mass is 267 g/mol. The number of carboxylic acid groups (broad SMARTS) is 1. The fraction of sp³-hybridized carbons (Fsp3) is 0.385. The molecule has 0 bridgehead atoms. The minimum absolute atomic E-state index is 0.169. The number of rotatable bonds is 6. The van der Waals surface area contributed by atoms with Gasteiger partial charge in [0.15, 0.2) is 11.5 Å². The third kappa shape index (κ3) is 3.87. The van der Waals surface area contributed by atoms with Crippen LogP contribution in [0.5, 0.6) is 11.5 Å². The highest BCUT2D eigenvalue weighted by Gasteiger charge is 2.20. The van der Waals surface area contributed by atoms with Crippen LogP contribution in [-0.2, 0) is 4.79 Å². The summed E-state index contributed by atoms with van der Waals surface area (Å²) in [5, 5.41) is 20.9. The van der Waals surface area contributed by atoms with Gasteiger partial charge in [0, 0.05) is 5.56 Å². The standard InChI is InChI=1S/C13H17NO5/c1-3-4-9(13(17)18)14-12(16)8-5-6-11(19-2)10(15)7-8/h5-7,9,15H,3-4H2,1-2H3,(H,14,16)(H,17,18). The summed E-state index contributed by atoms with van der Waals surface area (Å²) in [6, 6.07) is 3.21. The van der Waals surface area contributed by atoms with Crippen LogP contribution in [0, 0.1) is 0 Å². The number of carboxylic acids is 1. The van der Waals surface area contributed by atoms with Crippen LogP contribution >= 0.6 is 0 Å². The van der Waals surface area contributed by atoms with Gasteiger partial charge in [-0.05, 0) is 24.6 Å². The lowest BCUT2D eigenvalue weighted by molar-refractivity contribution is -0.139. The number of carbonyl (C=O) groups is 2. The molecule has 0 fully saturated rings. The molecule has 1 rings (SSSR count). The third-order valence-corrected chi connectivity index (χ3v) is 2.62. The van der Waals surface area contributed by atoms with Crippen molar-refractivity contribution in [2.75, 3.05) is 7.11 Å². The smallest absolute Gasteiger partial charge is 0.326 e. The van der Waals surface area contributed by atoms with Gasteiger partial charge >= 0.3 is 5.97 Å². The van der Waals surface area contributed by atoms with E-state index in [2.05, 4.69) is 5.32 Å². The number of ether oxygens (including phenoxy) is 1. The molecule has 0 saturated carbocycles. The first-order chi connectivity index (χ1) is 8.99. The molecule has 19 heavy (non-hydrogen) atoms. The molecule has 0 aliphatic heterocycles. The number of aromatic hydroxyl groups is 1. The number of carbonyl (C=O) groups excluding carboxylic acids is 1. The van der Waals surface area contributed by atoms with Gasteiger partial charge in [-0.3, -0.25) is 4.79 Å². The Morgan fingerprint density at radius 2 is 2.11 bits per heavy atom. The Hall–Kier alpha value is -2.24. The second kappa shape index (κ2) is 6.63. The van der Waals surface area contributed by atoms with Crippen molar-refractivity contribution >= 4 is 11.9 Å². The molecule has 1 aromatic carbocycles. The van der Waals surface area contributed by atoms with Crippen molar-refractivity contribution in [1.29, 1.82) is 0 Å². The lowest BCUT2D eigenvalue weighted by Gasteiger charge is -2.14. The Labute approximate surface area is 111 Å². The topological polar surface area (TPSA) is 95.9 Å². The SMILES string of the molecule is CCCC(NC(=O)c1ccc(OC)c(O)c1)C(=O)O. The molecule has 6 nitrogen and oxygen atoms in total. The van der Waals surface area contributed by atoms with Crippen molar-refractivity contribution < 1.29 is 24.5 Å². The molecule has 1 amide bonds. The largest absolute Gasteiger partial charge is 0.504 e. The van der Waals surface area contributed by atoms with Gasteiger partial charge in [0.05, 0.1) is 7.11 Å². The number of aliphatic carboxylic acids is 1. The van der Waals surface area contributed by atoms with Crippen LogP contribution < -0.4 is 10.1 Å². The molecular formula is C13H17NO5.